The molecule has 0 spiro atoms. The summed E-state index contributed by atoms with van der Waals surface area (Å²) in [5.74, 6) is 0.647. The first-order valence-corrected chi connectivity index (χ1v) is 8.12. The van der Waals surface area contributed by atoms with Gasteiger partial charge in [0.15, 0.2) is 0 Å². The van der Waals surface area contributed by atoms with Crippen molar-refractivity contribution in [3.8, 4) is 0 Å². The van der Waals surface area contributed by atoms with Crippen LogP contribution in [0, 0.1) is 12.8 Å². The molecule has 3 heteroatoms. The molecular weight excluding hydrogens is 260 g/mol. The van der Waals surface area contributed by atoms with Gasteiger partial charge in [0.25, 0.3) is 0 Å². The molecule has 2 unspecified atom stereocenters. The molecule has 118 valence electrons. The lowest BCUT2D eigenvalue weighted by atomic mass is 9.94. The van der Waals surface area contributed by atoms with Gasteiger partial charge < -0.3 is 15.0 Å². The van der Waals surface area contributed by atoms with Gasteiger partial charge in [-0.25, -0.2) is 0 Å². The summed E-state index contributed by atoms with van der Waals surface area (Å²) in [6.07, 6.45) is 1.54. The molecule has 1 aliphatic heterocycles. The fourth-order valence-electron chi connectivity index (χ4n) is 3.04. The maximum absolute atomic E-state index is 5.66. The van der Waals surface area contributed by atoms with Gasteiger partial charge in [-0.3, -0.25) is 0 Å². The molecule has 21 heavy (non-hydrogen) atoms. The average Bonchev–Trinajstić information content (AvgIpc) is 2.46. The molecule has 0 amide bonds. The Morgan fingerprint density at radius 1 is 1.38 bits per heavy atom. The fourth-order valence-corrected chi connectivity index (χ4v) is 3.04. The summed E-state index contributed by atoms with van der Waals surface area (Å²) in [6.45, 7) is 11.9. The van der Waals surface area contributed by atoms with Gasteiger partial charge in [0.1, 0.15) is 0 Å². The molecule has 2 atom stereocenters. The van der Waals surface area contributed by atoms with Gasteiger partial charge in [-0.15, -0.1) is 0 Å². The molecule has 1 saturated heterocycles. The van der Waals surface area contributed by atoms with Crippen molar-refractivity contribution in [2.24, 2.45) is 5.92 Å². The number of nitrogens with one attached hydrogen (secondary N) is 1. The van der Waals surface area contributed by atoms with Gasteiger partial charge in [-0.2, -0.15) is 0 Å². The molecular formula is C18H30N2O. The summed E-state index contributed by atoms with van der Waals surface area (Å²) in [4.78, 5) is 2.49. The number of hydrogen-bond acceptors (Lipinski definition) is 3. The number of methoxy groups -OCH3 is 1. The van der Waals surface area contributed by atoms with Crippen molar-refractivity contribution in [2.45, 2.75) is 52.8 Å². The topological polar surface area (TPSA) is 24.5 Å². The predicted molar refractivity (Wildman–Crippen MR) is 89.9 cm³/mol. The minimum atomic E-state index is 0.339. The Balaban J connectivity index is 2.18. The van der Waals surface area contributed by atoms with Gasteiger partial charge in [0.2, 0.25) is 0 Å². The Kier molecular flexibility index (Phi) is 5.65. The molecule has 1 fully saturated rings. The summed E-state index contributed by atoms with van der Waals surface area (Å²) in [7, 11) is 1.83. The van der Waals surface area contributed by atoms with Crippen LogP contribution in [0.3, 0.4) is 0 Å². The minimum Gasteiger partial charge on any atom is -0.379 e. The van der Waals surface area contributed by atoms with Crippen molar-refractivity contribution in [3.63, 3.8) is 0 Å². The number of aryl methyl sites for hydroxylation is 1. The van der Waals surface area contributed by atoms with Gasteiger partial charge in [-0.1, -0.05) is 38.5 Å². The maximum atomic E-state index is 5.66. The molecule has 1 heterocycles. The van der Waals surface area contributed by atoms with E-state index in [0.717, 1.165) is 19.6 Å². The molecule has 0 bridgehead atoms. The number of benzene rings is 1. The van der Waals surface area contributed by atoms with Crippen LogP contribution in [-0.2, 0) is 11.3 Å². The van der Waals surface area contributed by atoms with Gasteiger partial charge >= 0.3 is 0 Å². The highest BCUT2D eigenvalue weighted by Gasteiger charge is 2.27. The molecule has 1 aliphatic rings. The van der Waals surface area contributed by atoms with Gasteiger partial charge in [-0.05, 0) is 30.9 Å². The fraction of sp³-hybridized carbons (Fsp3) is 0.667. The summed E-state index contributed by atoms with van der Waals surface area (Å²) < 4.78 is 5.66. The second kappa shape index (κ2) is 7.28. The monoisotopic (exact) mass is 290 g/mol. The lowest BCUT2D eigenvalue weighted by Gasteiger charge is -2.38. The molecule has 0 radical (unpaired) electrons. The number of rotatable bonds is 5. The lowest BCUT2D eigenvalue weighted by molar-refractivity contribution is 0.0498. The lowest BCUT2D eigenvalue weighted by Crippen LogP contribution is -2.44. The SMILES string of the molecule is COC1CN(c2ccc(C)cc2CNC(C)C)CCC1C. The zero-order valence-electron chi connectivity index (χ0n) is 14.1. The Bertz CT molecular complexity index is 459. The Morgan fingerprint density at radius 2 is 2.14 bits per heavy atom. The van der Waals surface area contributed by atoms with Gasteiger partial charge in [0, 0.05) is 38.5 Å². The van der Waals surface area contributed by atoms with E-state index >= 15 is 0 Å². The highest BCUT2D eigenvalue weighted by atomic mass is 16.5. The average molecular weight is 290 g/mol. The van der Waals surface area contributed by atoms with Crippen LogP contribution in [0.4, 0.5) is 5.69 Å². The third kappa shape index (κ3) is 4.21. The van der Waals surface area contributed by atoms with E-state index < -0.39 is 0 Å². The number of piperidine rings is 1. The third-order valence-electron chi connectivity index (χ3n) is 4.47. The van der Waals surface area contributed by atoms with E-state index in [1.807, 2.05) is 7.11 Å². The zero-order chi connectivity index (χ0) is 15.4. The minimum absolute atomic E-state index is 0.339. The van der Waals surface area contributed by atoms with Crippen molar-refractivity contribution in [3.05, 3.63) is 29.3 Å². The Hall–Kier alpha value is -1.06. The number of nitrogens with zero attached hydrogens (tertiary/aromatic N) is 1. The highest BCUT2D eigenvalue weighted by molar-refractivity contribution is 5.55. The van der Waals surface area contributed by atoms with E-state index in [-0.39, 0.29) is 0 Å². The van der Waals surface area contributed by atoms with Crippen LogP contribution in [0.15, 0.2) is 18.2 Å². The normalized spacial score (nSPS) is 22.9. The maximum Gasteiger partial charge on any atom is 0.0772 e. The quantitative estimate of drug-likeness (QED) is 0.900. The van der Waals surface area contributed by atoms with E-state index in [1.54, 1.807) is 0 Å². The second-order valence-electron chi connectivity index (χ2n) is 6.65. The third-order valence-corrected chi connectivity index (χ3v) is 4.47. The molecule has 0 saturated carbocycles. The van der Waals surface area contributed by atoms with Crippen LogP contribution >= 0.6 is 0 Å². The van der Waals surface area contributed by atoms with E-state index in [4.69, 9.17) is 4.74 Å². The summed E-state index contributed by atoms with van der Waals surface area (Å²) in [5, 5.41) is 3.54. The largest absolute Gasteiger partial charge is 0.379 e. The van der Waals surface area contributed by atoms with Gasteiger partial charge in [0.05, 0.1) is 6.10 Å². The van der Waals surface area contributed by atoms with Crippen LogP contribution in [-0.4, -0.2) is 32.3 Å². The van der Waals surface area contributed by atoms with E-state index in [0.29, 0.717) is 18.1 Å². The van der Waals surface area contributed by atoms with E-state index in [9.17, 15) is 0 Å². The van der Waals surface area contributed by atoms with Crippen molar-refractivity contribution in [2.75, 3.05) is 25.1 Å². The van der Waals surface area contributed by atoms with Crippen molar-refractivity contribution in [1.29, 1.82) is 0 Å². The van der Waals surface area contributed by atoms with Crippen LogP contribution in [0.1, 0.15) is 38.3 Å². The molecule has 1 aromatic carbocycles. The number of ether oxygens (including phenoxy) is 1. The van der Waals surface area contributed by atoms with E-state index in [1.165, 1.54) is 23.2 Å². The first-order valence-electron chi connectivity index (χ1n) is 8.12. The molecule has 0 aliphatic carbocycles. The molecule has 3 nitrogen and oxygen atoms in total. The number of anilines is 1. The summed E-state index contributed by atoms with van der Waals surface area (Å²) in [6, 6.07) is 7.31. The standard InChI is InChI=1S/C18H30N2O/c1-13(2)19-11-16-10-14(3)6-7-17(16)20-9-8-15(4)18(12-20)21-5/h6-7,10,13,15,18-19H,8-9,11-12H2,1-5H3. The summed E-state index contributed by atoms with van der Waals surface area (Å²) in [5.41, 5.74) is 4.09. The molecule has 2 rings (SSSR count). The zero-order valence-corrected chi connectivity index (χ0v) is 14.1. The Labute approximate surface area is 129 Å². The number of hydrogen-bond donors (Lipinski definition) is 1. The first kappa shape index (κ1) is 16.3. The van der Waals surface area contributed by atoms with E-state index in [2.05, 4.69) is 56.1 Å². The van der Waals surface area contributed by atoms with Crippen LogP contribution < -0.4 is 10.2 Å². The van der Waals surface area contributed by atoms with Crippen LogP contribution in [0.25, 0.3) is 0 Å². The highest BCUT2D eigenvalue weighted by Crippen LogP contribution is 2.28. The second-order valence-corrected chi connectivity index (χ2v) is 6.65. The van der Waals surface area contributed by atoms with Crippen molar-refractivity contribution in [1.82, 2.24) is 5.32 Å². The van der Waals surface area contributed by atoms with Crippen LogP contribution in [0.5, 0.6) is 0 Å². The molecule has 0 aromatic heterocycles. The Morgan fingerprint density at radius 3 is 2.81 bits per heavy atom. The summed E-state index contributed by atoms with van der Waals surface area (Å²) >= 11 is 0. The smallest absolute Gasteiger partial charge is 0.0772 e. The molecule has 1 N–H and O–H groups in total. The predicted octanol–water partition coefficient (Wildman–Crippen LogP) is 3.35. The first-order chi connectivity index (χ1) is 10.0. The van der Waals surface area contributed by atoms with Crippen molar-refractivity contribution >= 4 is 5.69 Å². The molecule has 1 aromatic rings. The van der Waals surface area contributed by atoms with Crippen LogP contribution in [0.2, 0.25) is 0 Å². The van der Waals surface area contributed by atoms with Crippen molar-refractivity contribution < 1.29 is 4.74 Å².